The molecule has 0 aliphatic carbocycles. The van der Waals surface area contributed by atoms with E-state index in [1.165, 1.54) is 30.6 Å². The number of nitrogens with one attached hydrogen (secondary N) is 1. The van der Waals surface area contributed by atoms with Gasteiger partial charge in [0.05, 0.1) is 24.8 Å². The van der Waals surface area contributed by atoms with Crippen LogP contribution in [0.15, 0.2) is 56.7 Å². The molecular formula is C18H13Cl2N3O5S3. The van der Waals surface area contributed by atoms with Crippen molar-refractivity contribution in [3.63, 3.8) is 0 Å². The molecule has 8 nitrogen and oxygen atoms in total. The molecule has 0 saturated heterocycles. The van der Waals surface area contributed by atoms with Crippen LogP contribution in [0.5, 0.6) is 0 Å². The molecular weight excluding hydrogens is 505 g/mol. The first-order valence-corrected chi connectivity index (χ1v) is 12.7. The Hall–Kier alpha value is -2.18. The smallest absolute Gasteiger partial charge is 0.294 e. The van der Waals surface area contributed by atoms with Gasteiger partial charge in [-0.15, -0.1) is 11.3 Å². The second-order valence-electron chi connectivity index (χ2n) is 6.18. The molecule has 2 aromatic heterocycles. The third kappa shape index (κ3) is 5.74. The fraction of sp³-hybridized carbons (Fsp3) is 0.111. The number of halogens is 2. The minimum absolute atomic E-state index is 0.0539. The quantitative estimate of drug-likeness (QED) is 0.351. The van der Waals surface area contributed by atoms with Crippen molar-refractivity contribution in [2.24, 2.45) is 0 Å². The lowest BCUT2D eigenvalue weighted by atomic mass is 10.2. The van der Waals surface area contributed by atoms with E-state index in [-0.39, 0.29) is 36.3 Å². The van der Waals surface area contributed by atoms with E-state index in [2.05, 4.69) is 10.3 Å². The van der Waals surface area contributed by atoms with Gasteiger partial charge in [-0.25, -0.2) is 8.42 Å². The number of thiophene rings is 1. The molecule has 1 amide bonds. The molecule has 0 fully saturated rings. The summed E-state index contributed by atoms with van der Waals surface area (Å²) < 4.78 is 23.6. The second kappa shape index (κ2) is 9.53. The Morgan fingerprint density at radius 3 is 2.55 bits per heavy atom. The Balaban J connectivity index is 1.81. The minimum atomic E-state index is -3.38. The third-order valence-corrected chi connectivity index (χ3v) is 8.25. The summed E-state index contributed by atoms with van der Waals surface area (Å²) in [5, 5.41) is 14.6. The molecule has 31 heavy (non-hydrogen) atoms. The first-order valence-electron chi connectivity index (χ1n) is 8.38. The van der Waals surface area contributed by atoms with E-state index < -0.39 is 20.7 Å². The fourth-order valence-electron chi connectivity index (χ4n) is 2.42. The maximum absolute atomic E-state index is 12.6. The maximum Gasteiger partial charge on any atom is 0.294 e. The molecule has 0 radical (unpaired) electrons. The summed E-state index contributed by atoms with van der Waals surface area (Å²) in [4.78, 5) is 27.9. The van der Waals surface area contributed by atoms with Gasteiger partial charge < -0.3 is 5.32 Å². The summed E-state index contributed by atoms with van der Waals surface area (Å²) >= 11 is 14.1. The van der Waals surface area contributed by atoms with Gasteiger partial charge in [-0.05, 0) is 17.7 Å². The van der Waals surface area contributed by atoms with Gasteiger partial charge in [0, 0.05) is 31.3 Å². The van der Waals surface area contributed by atoms with E-state index >= 15 is 0 Å². The molecule has 3 aromatic rings. The molecule has 1 aromatic carbocycles. The Morgan fingerprint density at radius 1 is 1.26 bits per heavy atom. The number of carbonyl (C=O) groups is 1. The van der Waals surface area contributed by atoms with Crippen LogP contribution >= 0.6 is 46.3 Å². The monoisotopic (exact) mass is 517 g/mol. The Morgan fingerprint density at radius 2 is 1.94 bits per heavy atom. The molecule has 0 unspecified atom stereocenters. The maximum atomic E-state index is 12.6. The van der Waals surface area contributed by atoms with Crippen molar-refractivity contribution < 1.29 is 18.1 Å². The van der Waals surface area contributed by atoms with Crippen LogP contribution in [0.4, 0.5) is 5.69 Å². The van der Waals surface area contributed by atoms with E-state index in [9.17, 15) is 23.3 Å². The summed E-state index contributed by atoms with van der Waals surface area (Å²) in [6.45, 7) is 0.0539. The van der Waals surface area contributed by atoms with Crippen LogP contribution in [0.2, 0.25) is 10.0 Å². The van der Waals surface area contributed by atoms with Gasteiger partial charge in [0.15, 0.2) is 9.84 Å². The summed E-state index contributed by atoms with van der Waals surface area (Å²) in [5.41, 5.74) is 0.329. The molecule has 0 spiro atoms. The van der Waals surface area contributed by atoms with E-state index in [0.717, 1.165) is 29.4 Å². The van der Waals surface area contributed by atoms with E-state index in [4.69, 9.17) is 23.2 Å². The van der Waals surface area contributed by atoms with Crippen LogP contribution < -0.4 is 5.32 Å². The lowest BCUT2D eigenvalue weighted by Crippen LogP contribution is -2.21. The van der Waals surface area contributed by atoms with Crippen molar-refractivity contribution in [3.05, 3.63) is 73.3 Å². The number of carbonyl (C=O) groups excluding carboxylic acids is 1. The molecule has 0 aliphatic heterocycles. The highest BCUT2D eigenvalue weighted by atomic mass is 35.5. The highest BCUT2D eigenvalue weighted by molar-refractivity contribution is 8.01. The summed E-state index contributed by atoms with van der Waals surface area (Å²) in [6, 6.07) is 7.34. The van der Waals surface area contributed by atoms with Gasteiger partial charge in [0.1, 0.15) is 9.09 Å². The zero-order chi connectivity index (χ0) is 22.8. The van der Waals surface area contributed by atoms with Crippen LogP contribution in [0, 0.1) is 10.1 Å². The van der Waals surface area contributed by atoms with Crippen LogP contribution in [0.1, 0.15) is 15.2 Å². The number of nitro groups is 1. The Labute approximate surface area is 195 Å². The van der Waals surface area contributed by atoms with Crippen LogP contribution in [-0.4, -0.2) is 30.5 Å². The number of pyridine rings is 1. The number of hydrogen-bond donors (Lipinski definition) is 1. The molecule has 3 rings (SSSR count). The number of amides is 1. The van der Waals surface area contributed by atoms with E-state index in [0.29, 0.717) is 10.5 Å². The third-order valence-electron chi connectivity index (χ3n) is 3.88. The number of rotatable bonds is 7. The predicted octanol–water partition coefficient (Wildman–Crippen LogP) is 4.84. The van der Waals surface area contributed by atoms with Crippen molar-refractivity contribution in [2.75, 3.05) is 6.26 Å². The van der Waals surface area contributed by atoms with Crippen LogP contribution in [0.3, 0.4) is 0 Å². The number of sulfone groups is 1. The zero-order valence-corrected chi connectivity index (χ0v) is 19.6. The van der Waals surface area contributed by atoms with Crippen molar-refractivity contribution in [3.8, 4) is 0 Å². The van der Waals surface area contributed by atoms with Crippen molar-refractivity contribution in [1.29, 1.82) is 0 Å². The molecule has 0 aliphatic rings. The van der Waals surface area contributed by atoms with Crippen molar-refractivity contribution >= 4 is 67.7 Å². The molecule has 2 heterocycles. The molecule has 162 valence electrons. The number of hydrogen-bond acceptors (Lipinski definition) is 8. The van der Waals surface area contributed by atoms with Gasteiger partial charge in [-0.2, -0.15) is 0 Å². The average Bonchev–Trinajstić information content (AvgIpc) is 3.13. The van der Waals surface area contributed by atoms with Gasteiger partial charge in [0.25, 0.3) is 11.6 Å². The average molecular weight is 518 g/mol. The summed E-state index contributed by atoms with van der Waals surface area (Å²) in [5.74, 6) is -0.531. The van der Waals surface area contributed by atoms with Gasteiger partial charge in [-0.1, -0.05) is 47.1 Å². The molecule has 1 N–H and O–H groups in total. The van der Waals surface area contributed by atoms with E-state index in [1.54, 1.807) is 12.1 Å². The lowest BCUT2D eigenvalue weighted by Gasteiger charge is -2.06. The highest BCUT2D eigenvalue weighted by Gasteiger charge is 2.25. The SMILES string of the molecule is CS(=O)(=O)c1cccc(CNC(=O)c2cc([N+](=O)[O-])c(Sc3c(Cl)cncc3Cl)s2)c1. The number of nitrogens with zero attached hydrogens (tertiary/aromatic N) is 2. The topological polar surface area (TPSA) is 119 Å². The molecule has 0 bridgehead atoms. The second-order valence-corrected chi connectivity index (χ2v) is 11.3. The normalized spacial score (nSPS) is 11.3. The minimum Gasteiger partial charge on any atom is -0.347 e. The standard InChI is InChI=1S/C18H13Cl2N3O5S3/c1-31(27,28)11-4-2-3-10(5-11)7-22-17(24)15-6-14(23(25)26)18(29-15)30-16-12(19)8-21-9-13(16)20/h2-6,8-9H,7H2,1H3,(H,22,24). The van der Waals surface area contributed by atoms with Gasteiger partial charge >= 0.3 is 0 Å². The number of aromatic nitrogens is 1. The predicted molar refractivity (Wildman–Crippen MR) is 120 cm³/mol. The van der Waals surface area contributed by atoms with Crippen molar-refractivity contribution in [2.45, 2.75) is 20.5 Å². The van der Waals surface area contributed by atoms with Crippen LogP contribution in [0.25, 0.3) is 0 Å². The summed E-state index contributed by atoms with van der Waals surface area (Å²) in [6.07, 6.45) is 3.83. The fourth-order valence-corrected chi connectivity index (χ4v) is 5.89. The summed E-state index contributed by atoms with van der Waals surface area (Å²) in [7, 11) is -3.38. The van der Waals surface area contributed by atoms with E-state index in [1.807, 2.05) is 0 Å². The largest absolute Gasteiger partial charge is 0.347 e. The first-order chi connectivity index (χ1) is 14.6. The van der Waals surface area contributed by atoms with Gasteiger partial charge in [-0.3, -0.25) is 19.9 Å². The first kappa shape index (κ1) is 23.5. The zero-order valence-electron chi connectivity index (χ0n) is 15.7. The molecule has 0 atom stereocenters. The van der Waals surface area contributed by atoms with Crippen molar-refractivity contribution in [1.82, 2.24) is 10.3 Å². The van der Waals surface area contributed by atoms with Crippen LogP contribution in [-0.2, 0) is 16.4 Å². The molecule has 13 heteroatoms. The number of benzene rings is 1. The Bertz CT molecular complexity index is 1260. The lowest BCUT2D eigenvalue weighted by molar-refractivity contribution is -0.387. The Kier molecular flexibility index (Phi) is 7.22. The van der Waals surface area contributed by atoms with Gasteiger partial charge in [0.2, 0.25) is 0 Å². The molecule has 0 saturated carbocycles. The highest BCUT2D eigenvalue weighted by Crippen LogP contribution is 2.45.